The van der Waals surface area contributed by atoms with Crippen LogP contribution in [0.15, 0.2) is 23.2 Å². The van der Waals surface area contributed by atoms with Crippen LogP contribution >= 0.6 is 11.6 Å². The van der Waals surface area contributed by atoms with E-state index in [1.54, 1.807) is 18.2 Å². The molecule has 2 rings (SSSR count). The van der Waals surface area contributed by atoms with E-state index in [4.69, 9.17) is 21.5 Å². The number of nitrogens with zero attached hydrogens (tertiary/aromatic N) is 2. The van der Waals surface area contributed by atoms with Gasteiger partial charge in [-0.05, 0) is 12.1 Å². The SMILES string of the molecule is Cn1nc2cccc(OCCCl)c2c1S(N)(=O)=O. The minimum Gasteiger partial charge on any atom is -0.492 e. The molecule has 0 fully saturated rings. The molecule has 2 aromatic rings. The van der Waals surface area contributed by atoms with Gasteiger partial charge >= 0.3 is 0 Å². The Labute approximate surface area is 109 Å². The summed E-state index contributed by atoms with van der Waals surface area (Å²) in [5.41, 5.74) is 0.508. The number of nitrogens with two attached hydrogens (primary N) is 1. The lowest BCUT2D eigenvalue weighted by molar-refractivity contribution is 0.346. The van der Waals surface area contributed by atoms with Gasteiger partial charge in [0.05, 0.1) is 16.8 Å². The average Bonchev–Trinajstić information content (AvgIpc) is 2.62. The van der Waals surface area contributed by atoms with Crippen LogP contribution in [0.4, 0.5) is 0 Å². The van der Waals surface area contributed by atoms with Crippen molar-refractivity contribution in [1.29, 1.82) is 0 Å². The summed E-state index contributed by atoms with van der Waals surface area (Å²) in [6, 6.07) is 5.08. The van der Waals surface area contributed by atoms with E-state index >= 15 is 0 Å². The number of aromatic nitrogens is 2. The standard InChI is InChI=1S/C10H12ClN3O3S/c1-14-10(18(12,15)16)9-7(13-14)3-2-4-8(9)17-6-5-11/h2-4H,5-6H2,1H3,(H2,12,15,16). The Kier molecular flexibility index (Phi) is 3.47. The molecule has 0 aliphatic carbocycles. The van der Waals surface area contributed by atoms with Crippen molar-refractivity contribution >= 4 is 32.5 Å². The van der Waals surface area contributed by atoms with Gasteiger partial charge in [-0.25, -0.2) is 13.6 Å². The number of alkyl halides is 1. The van der Waals surface area contributed by atoms with Crippen molar-refractivity contribution in [1.82, 2.24) is 9.78 Å². The van der Waals surface area contributed by atoms with Crippen LogP contribution in [0, 0.1) is 0 Å². The Balaban J connectivity index is 2.73. The summed E-state index contributed by atoms with van der Waals surface area (Å²) in [6.07, 6.45) is 0. The third kappa shape index (κ3) is 2.29. The molecular formula is C10H12ClN3O3S. The van der Waals surface area contributed by atoms with Crippen molar-refractivity contribution in [3.63, 3.8) is 0 Å². The fourth-order valence-corrected chi connectivity index (χ4v) is 2.76. The monoisotopic (exact) mass is 289 g/mol. The number of rotatable bonds is 4. The van der Waals surface area contributed by atoms with Crippen LogP contribution in [0.2, 0.25) is 0 Å². The largest absolute Gasteiger partial charge is 0.492 e. The van der Waals surface area contributed by atoms with Crippen LogP contribution in [0.1, 0.15) is 0 Å². The van der Waals surface area contributed by atoms with Crippen molar-refractivity contribution in [2.75, 3.05) is 12.5 Å². The van der Waals surface area contributed by atoms with Crippen LogP contribution in [-0.2, 0) is 17.1 Å². The van der Waals surface area contributed by atoms with E-state index in [0.29, 0.717) is 22.5 Å². The maximum atomic E-state index is 11.6. The lowest BCUT2D eigenvalue weighted by Gasteiger charge is -2.06. The third-order valence-corrected chi connectivity index (χ3v) is 3.54. The molecule has 0 amide bonds. The molecule has 0 aliphatic heterocycles. The van der Waals surface area contributed by atoms with Gasteiger partial charge in [0.2, 0.25) is 0 Å². The molecule has 1 aromatic heterocycles. The number of halogens is 1. The lowest BCUT2D eigenvalue weighted by atomic mass is 10.2. The average molecular weight is 290 g/mol. The van der Waals surface area contributed by atoms with Crippen LogP contribution in [-0.4, -0.2) is 30.7 Å². The van der Waals surface area contributed by atoms with Gasteiger partial charge in [0.1, 0.15) is 12.4 Å². The zero-order chi connectivity index (χ0) is 13.3. The summed E-state index contributed by atoms with van der Waals surface area (Å²) in [6.45, 7) is 0.277. The zero-order valence-electron chi connectivity index (χ0n) is 9.63. The van der Waals surface area contributed by atoms with Crippen LogP contribution in [0.25, 0.3) is 10.9 Å². The number of primary sulfonamides is 1. The number of benzene rings is 1. The van der Waals surface area contributed by atoms with E-state index in [-0.39, 0.29) is 11.6 Å². The molecule has 2 N–H and O–H groups in total. The van der Waals surface area contributed by atoms with E-state index in [1.807, 2.05) is 0 Å². The summed E-state index contributed by atoms with van der Waals surface area (Å²) >= 11 is 5.55. The van der Waals surface area contributed by atoms with Crippen molar-refractivity contribution in [2.24, 2.45) is 12.2 Å². The highest BCUT2D eigenvalue weighted by atomic mass is 35.5. The smallest absolute Gasteiger partial charge is 0.255 e. The van der Waals surface area contributed by atoms with E-state index in [1.165, 1.54) is 11.7 Å². The molecule has 0 bridgehead atoms. The Morgan fingerprint density at radius 3 is 2.83 bits per heavy atom. The summed E-state index contributed by atoms with van der Waals surface area (Å²) in [5, 5.41) is 9.60. The molecule has 0 aliphatic rings. The van der Waals surface area contributed by atoms with Crippen molar-refractivity contribution in [3.8, 4) is 5.75 Å². The Morgan fingerprint density at radius 1 is 1.50 bits per heavy atom. The molecule has 98 valence electrons. The van der Waals surface area contributed by atoms with Gasteiger partial charge in [0.25, 0.3) is 10.0 Å². The molecule has 0 atom stereocenters. The first kappa shape index (κ1) is 13.1. The van der Waals surface area contributed by atoms with Gasteiger partial charge < -0.3 is 4.74 Å². The van der Waals surface area contributed by atoms with Crippen molar-refractivity contribution in [3.05, 3.63) is 18.2 Å². The molecule has 1 heterocycles. The maximum Gasteiger partial charge on any atom is 0.255 e. The quantitative estimate of drug-likeness (QED) is 0.845. The van der Waals surface area contributed by atoms with Gasteiger partial charge in [-0.15, -0.1) is 11.6 Å². The first-order chi connectivity index (χ1) is 8.45. The summed E-state index contributed by atoms with van der Waals surface area (Å²) in [7, 11) is -2.36. The Morgan fingerprint density at radius 2 is 2.22 bits per heavy atom. The molecule has 0 saturated carbocycles. The van der Waals surface area contributed by atoms with Gasteiger partial charge in [-0.2, -0.15) is 5.10 Å². The van der Waals surface area contributed by atoms with E-state index in [0.717, 1.165) is 0 Å². The van der Waals surface area contributed by atoms with E-state index in [2.05, 4.69) is 5.10 Å². The zero-order valence-corrected chi connectivity index (χ0v) is 11.2. The predicted molar refractivity (Wildman–Crippen MR) is 68.3 cm³/mol. The number of sulfonamides is 1. The summed E-state index contributed by atoms with van der Waals surface area (Å²) in [4.78, 5) is 0. The molecule has 8 heteroatoms. The second kappa shape index (κ2) is 4.75. The van der Waals surface area contributed by atoms with E-state index in [9.17, 15) is 8.42 Å². The fourth-order valence-electron chi connectivity index (χ4n) is 1.78. The summed E-state index contributed by atoms with van der Waals surface area (Å²) < 4.78 is 29.8. The molecule has 6 nitrogen and oxygen atoms in total. The number of fused-ring (bicyclic) bond motifs is 1. The molecular weight excluding hydrogens is 278 g/mol. The highest BCUT2D eigenvalue weighted by Crippen LogP contribution is 2.30. The minimum absolute atomic E-state index is 0.0670. The molecule has 0 spiro atoms. The maximum absolute atomic E-state index is 11.6. The fraction of sp³-hybridized carbons (Fsp3) is 0.300. The Bertz CT molecular complexity index is 681. The third-order valence-electron chi connectivity index (χ3n) is 2.37. The molecule has 0 saturated heterocycles. The Hall–Kier alpha value is -1.31. The van der Waals surface area contributed by atoms with Gasteiger partial charge in [0.15, 0.2) is 5.03 Å². The molecule has 0 unspecified atom stereocenters. The van der Waals surface area contributed by atoms with Gasteiger partial charge in [-0.3, -0.25) is 4.68 Å². The van der Waals surface area contributed by atoms with Crippen molar-refractivity contribution < 1.29 is 13.2 Å². The second-order valence-electron chi connectivity index (χ2n) is 3.66. The van der Waals surface area contributed by atoms with Crippen LogP contribution in [0.5, 0.6) is 5.75 Å². The number of hydrogen-bond donors (Lipinski definition) is 1. The van der Waals surface area contributed by atoms with Crippen molar-refractivity contribution in [2.45, 2.75) is 5.03 Å². The highest BCUT2D eigenvalue weighted by molar-refractivity contribution is 7.89. The number of hydrogen-bond acceptors (Lipinski definition) is 4. The molecule has 18 heavy (non-hydrogen) atoms. The highest BCUT2D eigenvalue weighted by Gasteiger charge is 2.22. The number of ether oxygens (including phenoxy) is 1. The van der Waals surface area contributed by atoms with Crippen LogP contribution < -0.4 is 9.88 Å². The predicted octanol–water partition coefficient (Wildman–Crippen LogP) is 0.838. The summed E-state index contributed by atoms with van der Waals surface area (Å²) in [5.74, 6) is 0.715. The second-order valence-corrected chi connectivity index (χ2v) is 5.52. The minimum atomic E-state index is -3.88. The van der Waals surface area contributed by atoms with E-state index < -0.39 is 10.0 Å². The topological polar surface area (TPSA) is 87.2 Å². The van der Waals surface area contributed by atoms with Gasteiger partial charge in [-0.1, -0.05) is 6.07 Å². The normalized spacial score (nSPS) is 11.9. The lowest BCUT2D eigenvalue weighted by Crippen LogP contribution is -2.16. The first-order valence-corrected chi connectivity index (χ1v) is 7.20. The molecule has 1 aromatic carbocycles. The first-order valence-electron chi connectivity index (χ1n) is 5.12. The van der Waals surface area contributed by atoms with Gasteiger partial charge in [0, 0.05) is 7.05 Å². The van der Waals surface area contributed by atoms with Crippen LogP contribution in [0.3, 0.4) is 0 Å². The number of aryl methyl sites for hydroxylation is 1. The molecule has 0 radical (unpaired) electrons.